The number of hydrogen-bond donors (Lipinski definition) is 1. The fraction of sp³-hybridized carbons (Fsp3) is 0.500. The van der Waals surface area contributed by atoms with Gasteiger partial charge in [0.1, 0.15) is 12.1 Å². The van der Waals surface area contributed by atoms with Crippen molar-refractivity contribution in [3.8, 4) is 5.95 Å². The molecule has 0 bridgehead atoms. The summed E-state index contributed by atoms with van der Waals surface area (Å²) in [6.45, 7) is 4.01. The lowest BCUT2D eigenvalue weighted by Gasteiger charge is -2.35. The number of morpholine rings is 1. The number of halogens is 2. The number of aromatic nitrogens is 5. The van der Waals surface area contributed by atoms with Crippen molar-refractivity contribution in [3.63, 3.8) is 0 Å². The SMILES string of the molecule is COCC(=O)N1CCN(c2nc(N3CCOCC3)nc(-n3c(C(F)F)nc4c(N)cccc43)n2)CC1. The van der Waals surface area contributed by atoms with Crippen LogP contribution in [0.5, 0.6) is 0 Å². The number of ether oxygens (including phenoxy) is 2. The largest absolute Gasteiger partial charge is 0.397 e. The third-order valence-corrected chi connectivity index (χ3v) is 6.21. The number of alkyl halides is 2. The van der Waals surface area contributed by atoms with E-state index in [0.717, 1.165) is 0 Å². The number of para-hydroxylation sites is 1. The molecule has 0 radical (unpaired) electrons. The second-order valence-electron chi connectivity index (χ2n) is 8.46. The van der Waals surface area contributed by atoms with E-state index in [-0.39, 0.29) is 29.7 Å². The number of fused-ring (bicyclic) bond motifs is 1. The van der Waals surface area contributed by atoms with Gasteiger partial charge >= 0.3 is 0 Å². The van der Waals surface area contributed by atoms with E-state index in [9.17, 15) is 13.6 Å². The quantitative estimate of drug-likeness (QED) is 0.484. The summed E-state index contributed by atoms with van der Waals surface area (Å²) in [6, 6.07) is 4.94. The summed E-state index contributed by atoms with van der Waals surface area (Å²) in [5, 5.41) is 0. The molecule has 0 unspecified atom stereocenters. The lowest BCUT2D eigenvalue weighted by Crippen LogP contribution is -2.50. The van der Waals surface area contributed by atoms with E-state index in [1.165, 1.54) is 11.7 Å². The minimum Gasteiger partial charge on any atom is -0.397 e. The molecule has 36 heavy (non-hydrogen) atoms. The van der Waals surface area contributed by atoms with Crippen molar-refractivity contribution in [1.29, 1.82) is 0 Å². The van der Waals surface area contributed by atoms with Gasteiger partial charge in [0.25, 0.3) is 6.43 Å². The number of hydrogen-bond acceptors (Lipinski definition) is 10. The first-order valence-electron chi connectivity index (χ1n) is 11.6. The third kappa shape index (κ3) is 4.60. The molecule has 2 aliphatic heterocycles. The predicted molar refractivity (Wildman–Crippen MR) is 128 cm³/mol. The highest BCUT2D eigenvalue weighted by Crippen LogP contribution is 2.30. The van der Waals surface area contributed by atoms with Crippen LogP contribution in [-0.4, -0.2) is 102 Å². The Bertz CT molecular complexity index is 1240. The number of benzene rings is 1. The molecule has 12 nitrogen and oxygen atoms in total. The summed E-state index contributed by atoms with van der Waals surface area (Å²) in [5.41, 5.74) is 6.95. The summed E-state index contributed by atoms with van der Waals surface area (Å²) in [4.78, 5) is 35.7. The first-order chi connectivity index (χ1) is 17.5. The maximum Gasteiger partial charge on any atom is 0.296 e. The number of nitrogens with zero attached hydrogens (tertiary/aromatic N) is 8. The van der Waals surface area contributed by atoms with Crippen LogP contribution in [0.25, 0.3) is 17.0 Å². The highest BCUT2D eigenvalue weighted by Gasteiger charge is 2.28. The molecule has 1 aromatic carbocycles. The van der Waals surface area contributed by atoms with Crippen LogP contribution in [-0.2, 0) is 14.3 Å². The van der Waals surface area contributed by atoms with Gasteiger partial charge in [-0.15, -0.1) is 0 Å². The number of nitrogens with two attached hydrogens (primary N) is 1. The molecule has 14 heteroatoms. The summed E-state index contributed by atoms with van der Waals surface area (Å²) < 4.78 is 39.8. The molecule has 2 aliphatic rings. The van der Waals surface area contributed by atoms with Gasteiger partial charge in [0.05, 0.1) is 24.4 Å². The molecule has 0 spiro atoms. The Kier molecular flexibility index (Phi) is 6.78. The van der Waals surface area contributed by atoms with Crippen molar-refractivity contribution in [2.45, 2.75) is 6.43 Å². The maximum absolute atomic E-state index is 14.1. The Hall–Kier alpha value is -3.65. The molecule has 0 saturated carbocycles. The second kappa shape index (κ2) is 10.1. The average molecular weight is 504 g/mol. The van der Waals surface area contributed by atoms with Gasteiger partial charge in [-0.1, -0.05) is 6.07 Å². The van der Waals surface area contributed by atoms with Crippen LogP contribution >= 0.6 is 0 Å². The van der Waals surface area contributed by atoms with E-state index in [1.54, 1.807) is 23.1 Å². The van der Waals surface area contributed by atoms with Crippen molar-refractivity contribution in [1.82, 2.24) is 29.4 Å². The molecule has 2 N–H and O–H groups in total. The molecule has 1 amide bonds. The van der Waals surface area contributed by atoms with Gasteiger partial charge in [-0.3, -0.25) is 9.36 Å². The Morgan fingerprint density at radius 1 is 1.00 bits per heavy atom. The number of methoxy groups -OCH3 is 1. The second-order valence-corrected chi connectivity index (χ2v) is 8.46. The monoisotopic (exact) mass is 503 g/mol. The van der Waals surface area contributed by atoms with Crippen LogP contribution in [0.3, 0.4) is 0 Å². The highest BCUT2D eigenvalue weighted by atomic mass is 19.3. The van der Waals surface area contributed by atoms with Crippen LogP contribution < -0.4 is 15.5 Å². The molecule has 5 rings (SSSR count). The number of amides is 1. The van der Waals surface area contributed by atoms with E-state index in [2.05, 4.69) is 19.9 Å². The van der Waals surface area contributed by atoms with Crippen molar-refractivity contribution in [2.75, 3.05) is 81.7 Å². The predicted octanol–water partition coefficient (Wildman–Crippen LogP) is 0.862. The number of carbonyl (C=O) groups is 1. The van der Waals surface area contributed by atoms with Crippen molar-refractivity contribution in [3.05, 3.63) is 24.0 Å². The molecular formula is C22H27F2N9O3. The Morgan fingerprint density at radius 2 is 1.64 bits per heavy atom. The molecule has 2 aromatic heterocycles. The van der Waals surface area contributed by atoms with Crippen LogP contribution in [0.1, 0.15) is 12.2 Å². The van der Waals surface area contributed by atoms with Crippen molar-refractivity contribution >= 4 is 34.5 Å². The lowest BCUT2D eigenvalue weighted by molar-refractivity contribution is -0.135. The number of imidazole rings is 1. The van der Waals surface area contributed by atoms with Gasteiger partial charge in [-0.05, 0) is 12.1 Å². The van der Waals surface area contributed by atoms with E-state index < -0.39 is 12.2 Å². The van der Waals surface area contributed by atoms with E-state index in [1.807, 2.05) is 9.80 Å². The number of piperazine rings is 1. The minimum absolute atomic E-state index is 0.0182. The van der Waals surface area contributed by atoms with Gasteiger partial charge < -0.3 is 29.9 Å². The Labute approximate surface area is 205 Å². The molecule has 0 atom stereocenters. The molecule has 4 heterocycles. The molecule has 0 aliphatic carbocycles. The first kappa shape index (κ1) is 24.1. The summed E-state index contributed by atoms with van der Waals surface area (Å²) >= 11 is 0. The van der Waals surface area contributed by atoms with Gasteiger partial charge in [-0.2, -0.15) is 15.0 Å². The van der Waals surface area contributed by atoms with E-state index >= 15 is 0 Å². The molecular weight excluding hydrogens is 476 g/mol. The lowest BCUT2D eigenvalue weighted by atomic mass is 10.3. The van der Waals surface area contributed by atoms with Gasteiger partial charge in [0, 0.05) is 46.4 Å². The number of anilines is 3. The zero-order chi connectivity index (χ0) is 25.2. The topological polar surface area (TPSA) is 128 Å². The van der Waals surface area contributed by atoms with Gasteiger partial charge in [-0.25, -0.2) is 13.8 Å². The summed E-state index contributed by atoms with van der Waals surface area (Å²) in [6.07, 6.45) is -2.88. The standard InChI is InChI=1S/C22H27F2N9O3/c1-35-13-16(34)30-5-7-31(8-6-30)20-27-21(32-9-11-36-12-10-32)29-22(28-20)33-15-4-2-3-14(25)17(15)26-19(33)18(23)24/h2-4,18H,5-13,25H2,1H3. The Morgan fingerprint density at radius 3 is 2.28 bits per heavy atom. The van der Waals surface area contributed by atoms with Gasteiger partial charge in [0.15, 0.2) is 5.82 Å². The van der Waals surface area contributed by atoms with Gasteiger partial charge in [0.2, 0.25) is 23.8 Å². The van der Waals surface area contributed by atoms with Crippen LogP contribution in [0, 0.1) is 0 Å². The summed E-state index contributed by atoms with van der Waals surface area (Å²) in [7, 11) is 1.48. The minimum atomic E-state index is -2.88. The van der Waals surface area contributed by atoms with Crippen molar-refractivity contribution < 1.29 is 23.0 Å². The van der Waals surface area contributed by atoms with E-state index in [4.69, 9.17) is 15.2 Å². The molecule has 192 valence electrons. The fourth-order valence-electron chi connectivity index (χ4n) is 4.36. The summed E-state index contributed by atoms with van der Waals surface area (Å²) in [5.74, 6) is 0.144. The Balaban J connectivity index is 1.57. The molecule has 3 aromatic rings. The molecule has 2 saturated heterocycles. The number of rotatable bonds is 6. The smallest absolute Gasteiger partial charge is 0.296 e. The maximum atomic E-state index is 14.1. The van der Waals surface area contributed by atoms with Crippen LogP contribution in [0.4, 0.5) is 26.4 Å². The first-order valence-corrected chi connectivity index (χ1v) is 11.6. The van der Waals surface area contributed by atoms with Crippen molar-refractivity contribution in [2.24, 2.45) is 0 Å². The zero-order valence-corrected chi connectivity index (χ0v) is 19.8. The van der Waals surface area contributed by atoms with Crippen LogP contribution in [0.2, 0.25) is 0 Å². The average Bonchev–Trinajstić information content (AvgIpc) is 3.31. The van der Waals surface area contributed by atoms with Crippen LogP contribution in [0.15, 0.2) is 18.2 Å². The highest BCUT2D eigenvalue weighted by molar-refractivity contribution is 5.88. The third-order valence-electron chi connectivity index (χ3n) is 6.21. The van der Waals surface area contributed by atoms with E-state index in [0.29, 0.717) is 69.9 Å². The number of carbonyl (C=O) groups excluding carboxylic acids is 1. The molecule has 2 fully saturated rings. The zero-order valence-electron chi connectivity index (χ0n) is 19.8. The fourth-order valence-corrected chi connectivity index (χ4v) is 4.36. The normalized spacial score (nSPS) is 16.8. The number of nitrogen functional groups attached to an aromatic ring is 1.